The molecule has 0 spiro atoms. The monoisotopic (exact) mass is 666 g/mol. The molecule has 244 valence electrons. The van der Waals surface area contributed by atoms with E-state index in [0.717, 1.165) is 103 Å². The quantitative estimate of drug-likeness (QED) is 0.100. The van der Waals surface area contributed by atoms with E-state index in [-0.39, 0.29) is 49.9 Å². The van der Waals surface area contributed by atoms with Crippen molar-refractivity contribution < 1.29 is 65.8 Å². The first-order chi connectivity index (χ1) is 18.9. The summed E-state index contributed by atoms with van der Waals surface area (Å²) >= 11 is 0. The topological polar surface area (TPSA) is 149 Å². The fraction of sp³-hybridized carbons (Fsp3) is 0.875. The molecule has 4 atom stereocenters. The number of hydrogen-bond acceptors (Lipinski definition) is 4. The van der Waals surface area contributed by atoms with Crippen LogP contribution in [0.3, 0.4) is 0 Å². The maximum absolute atomic E-state index is 10.4. The van der Waals surface area contributed by atoms with Gasteiger partial charge in [0, 0.05) is 26.2 Å². The second kappa shape index (κ2) is 36.8. The first-order valence-electron chi connectivity index (χ1n) is 15.8. The molecule has 9 heteroatoms. The number of aliphatic carboxylic acids is 4. The molecule has 41 heavy (non-hydrogen) atoms. The Kier molecular flexibility index (Phi) is 44.4. The summed E-state index contributed by atoms with van der Waals surface area (Å²) in [5.41, 5.74) is 0. The maximum Gasteiger partial charge on any atom is 0.306 e. The molecule has 0 aromatic carbocycles. The minimum absolute atomic E-state index is 0. The molecule has 0 aromatic heterocycles. The molecule has 0 saturated heterocycles. The van der Waals surface area contributed by atoms with Gasteiger partial charge in [0.05, 0.1) is 23.7 Å². The van der Waals surface area contributed by atoms with E-state index < -0.39 is 23.9 Å². The van der Waals surface area contributed by atoms with Crippen LogP contribution in [0.2, 0.25) is 0 Å². The Morgan fingerprint density at radius 2 is 0.537 bits per heavy atom. The Labute approximate surface area is 270 Å². The van der Waals surface area contributed by atoms with Crippen LogP contribution in [-0.4, -0.2) is 44.3 Å². The predicted molar refractivity (Wildman–Crippen MR) is 164 cm³/mol. The Bertz CT molecular complexity index is 509. The Morgan fingerprint density at radius 1 is 0.390 bits per heavy atom. The van der Waals surface area contributed by atoms with Crippen LogP contribution >= 0.6 is 0 Å². The van der Waals surface area contributed by atoms with Crippen molar-refractivity contribution in [2.75, 3.05) is 0 Å². The van der Waals surface area contributed by atoms with E-state index in [1.54, 1.807) is 0 Å². The van der Waals surface area contributed by atoms with Crippen LogP contribution in [-0.2, 0) is 45.4 Å². The molecular formula is C32H64O8Zr. The third-order valence-electron chi connectivity index (χ3n) is 6.99. The fourth-order valence-electron chi connectivity index (χ4n) is 3.81. The molecule has 0 radical (unpaired) electrons. The summed E-state index contributed by atoms with van der Waals surface area (Å²) < 4.78 is 0. The summed E-state index contributed by atoms with van der Waals surface area (Å²) in [7, 11) is 0. The molecule has 0 aromatic rings. The number of carboxylic acids is 4. The molecule has 8 nitrogen and oxygen atoms in total. The molecule has 0 bridgehead atoms. The van der Waals surface area contributed by atoms with Gasteiger partial charge in [-0.3, -0.25) is 19.2 Å². The molecule has 0 saturated carbocycles. The van der Waals surface area contributed by atoms with Crippen molar-refractivity contribution in [1.29, 1.82) is 0 Å². The zero-order valence-corrected chi connectivity index (χ0v) is 30.0. The van der Waals surface area contributed by atoms with E-state index in [1.807, 2.05) is 27.7 Å². The first-order valence-corrected chi connectivity index (χ1v) is 15.8. The summed E-state index contributed by atoms with van der Waals surface area (Å²) in [6.07, 6.45) is 14.9. The average molecular weight is 668 g/mol. The number of unbranched alkanes of at least 4 members (excludes halogenated alkanes) is 4. The zero-order chi connectivity index (χ0) is 31.9. The van der Waals surface area contributed by atoms with Gasteiger partial charge in [-0.1, -0.05) is 107 Å². The fourth-order valence-corrected chi connectivity index (χ4v) is 3.81. The van der Waals surface area contributed by atoms with Gasteiger partial charge in [0.1, 0.15) is 0 Å². The van der Waals surface area contributed by atoms with E-state index in [4.69, 9.17) is 20.4 Å². The standard InChI is InChI=1S/4C8H16O2.Zr/c4*1-3-5-6-7(4-2)8(9)10;/h4*7H,3-6H2,1-2H3,(H,9,10);. The summed E-state index contributed by atoms with van der Waals surface area (Å²) in [6.45, 7) is 16.0. The van der Waals surface area contributed by atoms with E-state index >= 15 is 0 Å². The van der Waals surface area contributed by atoms with Crippen LogP contribution in [0.15, 0.2) is 0 Å². The molecule has 4 N–H and O–H groups in total. The van der Waals surface area contributed by atoms with Crippen LogP contribution in [0, 0.1) is 23.7 Å². The normalized spacial score (nSPS) is 12.7. The molecule has 0 aliphatic rings. The van der Waals surface area contributed by atoms with Crippen LogP contribution in [0.1, 0.15) is 158 Å². The molecule has 0 amide bonds. The Morgan fingerprint density at radius 3 is 0.610 bits per heavy atom. The van der Waals surface area contributed by atoms with Gasteiger partial charge in [0.15, 0.2) is 0 Å². The third kappa shape index (κ3) is 34.9. The Balaban J connectivity index is -0.000000139. The van der Waals surface area contributed by atoms with Crippen molar-refractivity contribution in [2.24, 2.45) is 23.7 Å². The van der Waals surface area contributed by atoms with Crippen LogP contribution < -0.4 is 0 Å². The molecule has 4 unspecified atom stereocenters. The summed E-state index contributed by atoms with van der Waals surface area (Å²) in [5.74, 6) is -3.02. The van der Waals surface area contributed by atoms with Gasteiger partial charge >= 0.3 is 23.9 Å². The van der Waals surface area contributed by atoms with Crippen molar-refractivity contribution in [3.8, 4) is 0 Å². The zero-order valence-electron chi connectivity index (χ0n) is 27.5. The minimum atomic E-state index is -0.643. The molecule has 0 heterocycles. The number of rotatable bonds is 20. The van der Waals surface area contributed by atoms with Gasteiger partial charge in [-0.2, -0.15) is 0 Å². The molecular weight excluding hydrogens is 604 g/mol. The molecule has 0 fully saturated rings. The van der Waals surface area contributed by atoms with E-state index in [9.17, 15) is 19.2 Å². The smallest absolute Gasteiger partial charge is 0.306 e. The van der Waals surface area contributed by atoms with Crippen molar-refractivity contribution in [3.05, 3.63) is 0 Å². The minimum Gasteiger partial charge on any atom is -0.481 e. The predicted octanol–water partition coefficient (Wildman–Crippen LogP) is 9.15. The second-order valence-corrected chi connectivity index (χ2v) is 10.3. The number of carbonyl (C=O) groups is 4. The van der Waals surface area contributed by atoms with Gasteiger partial charge in [0.25, 0.3) is 0 Å². The van der Waals surface area contributed by atoms with E-state index in [0.29, 0.717) is 0 Å². The third-order valence-corrected chi connectivity index (χ3v) is 6.99. The SMILES string of the molecule is CCCCC(CC)C(=O)O.CCCCC(CC)C(=O)O.CCCCC(CC)C(=O)O.CCCCC(CC)C(=O)O.[Zr]. The van der Waals surface area contributed by atoms with Gasteiger partial charge in [0.2, 0.25) is 0 Å². The van der Waals surface area contributed by atoms with Crippen molar-refractivity contribution in [1.82, 2.24) is 0 Å². The van der Waals surface area contributed by atoms with Crippen molar-refractivity contribution >= 4 is 23.9 Å². The van der Waals surface area contributed by atoms with Crippen LogP contribution in [0.25, 0.3) is 0 Å². The molecule has 0 rings (SSSR count). The van der Waals surface area contributed by atoms with Gasteiger partial charge < -0.3 is 20.4 Å². The summed E-state index contributed by atoms with van der Waals surface area (Å²) in [5, 5.41) is 34.4. The molecule has 0 aliphatic heterocycles. The number of carboxylic acid groups (broad SMARTS) is 4. The van der Waals surface area contributed by atoms with Gasteiger partial charge in [-0.25, -0.2) is 0 Å². The van der Waals surface area contributed by atoms with Crippen LogP contribution in [0.4, 0.5) is 0 Å². The summed E-state index contributed by atoms with van der Waals surface area (Å²) in [6, 6.07) is 0. The largest absolute Gasteiger partial charge is 0.481 e. The van der Waals surface area contributed by atoms with E-state index in [1.165, 1.54) is 0 Å². The van der Waals surface area contributed by atoms with Crippen LogP contribution in [0.5, 0.6) is 0 Å². The first kappa shape index (κ1) is 49.4. The van der Waals surface area contributed by atoms with Crippen molar-refractivity contribution in [2.45, 2.75) is 158 Å². The van der Waals surface area contributed by atoms with Gasteiger partial charge in [-0.15, -0.1) is 0 Å². The average Bonchev–Trinajstić information content (AvgIpc) is 2.91. The Hall–Kier alpha value is -1.24. The summed E-state index contributed by atoms with van der Waals surface area (Å²) in [4.78, 5) is 41.7. The molecule has 0 aliphatic carbocycles. The van der Waals surface area contributed by atoms with Gasteiger partial charge in [-0.05, 0) is 51.4 Å². The van der Waals surface area contributed by atoms with E-state index in [2.05, 4.69) is 27.7 Å². The van der Waals surface area contributed by atoms with Crippen molar-refractivity contribution in [3.63, 3.8) is 0 Å². The second-order valence-electron chi connectivity index (χ2n) is 10.3. The number of hydrogen-bond donors (Lipinski definition) is 4. The maximum atomic E-state index is 10.4.